The highest BCUT2D eigenvalue weighted by atomic mass is 32.2. The van der Waals surface area contributed by atoms with E-state index in [4.69, 9.17) is 5.26 Å². The van der Waals surface area contributed by atoms with Crippen LogP contribution in [-0.2, 0) is 5.75 Å². The maximum atomic E-state index is 9.04. The monoisotopic (exact) mass is 276 g/mol. The first-order valence-electron chi connectivity index (χ1n) is 6.82. The van der Waals surface area contributed by atoms with E-state index in [0.29, 0.717) is 6.04 Å². The van der Waals surface area contributed by atoms with Crippen molar-refractivity contribution in [1.82, 2.24) is 5.32 Å². The van der Waals surface area contributed by atoms with E-state index in [1.54, 1.807) is 0 Å². The number of aryl methyl sites for hydroxylation is 2. The molecular formula is C16H24N2S. The predicted octanol–water partition coefficient (Wildman–Crippen LogP) is 3.82. The Bertz CT molecular complexity index is 415. The molecule has 0 aliphatic carbocycles. The van der Waals surface area contributed by atoms with Gasteiger partial charge in [-0.1, -0.05) is 29.3 Å². The number of hydrogen-bond donors (Lipinski definition) is 1. The SMILES string of the molecule is Cc1cc(C)cc(CSCCC(C#N)NC(C)C)c1. The first-order chi connectivity index (χ1) is 9.01. The van der Waals surface area contributed by atoms with Gasteiger partial charge in [0.15, 0.2) is 0 Å². The molecule has 0 aliphatic rings. The van der Waals surface area contributed by atoms with Gasteiger partial charge < -0.3 is 0 Å². The lowest BCUT2D eigenvalue weighted by Gasteiger charge is -2.14. The van der Waals surface area contributed by atoms with Crippen LogP contribution in [0.3, 0.4) is 0 Å². The van der Waals surface area contributed by atoms with Gasteiger partial charge in [0, 0.05) is 11.8 Å². The lowest BCUT2D eigenvalue weighted by molar-refractivity contribution is 0.522. The minimum Gasteiger partial charge on any atom is -0.300 e. The average molecular weight is 276 g/mol. The first kappa shape index (κ1) is 16.1. The van der Waals surface area contributed by atoms with Gasteiger partial charge in [0.05, 0.1) is 12.1 Å². The summed E-state index contributed by atoms with van der Waals surface area (Å²) < 4.78 is 0. The fourth-order valence-corrected chi connectivity index (χ4v) is 3.08. The normalized spacial score (nSPS) is 12.4. The molecule has 1 N–H and O–H groups in total. The quantitative estimate of drug-likeness (QED) is 0.769. The molecule has 1 unspecified atom stereocenters. The maximum Gasteiger partial charge on any atom is 0.0962 e. The summed E-state index contributed by atoms with van der Waals surface area (Å²) in [5.41, 5.74) is 4.03. The van der Waals surface area contributed by atoms with Crippen molar-refractivity contribution in [3.8, 4) is 6.07 Å². The fourth-order valence-electron chi connectivity index (χ4n) is 2.13. The summed E-state index contributed by atoms with van der Waals surface area (Å²) in [6, 6.07) is 9.36. The van der Waals surface area contributed by atoms with Crippen LogP contribution < -0.4 is 5.32 Å². The third kappa shape index (κ3) is 6.66. The van der Waals surface area contributed by atoms with Gasteiger partial charge in [-0.3, -0.25) is 5.32 Å². The zero-order valence-electron chi connectivity index (χ0n) is 12.4. The van der Waals surface area contributed by atoms with Crippen molar-refractivity contribution in [3.63, 3.8) is 0 Å². The Morgan fingerprint density at radius 1 is 1.21 bits per heavy atom. The Balaban J connectivity index is 2.32. The van der Waals surface area contributed by atoms with Crippen molar-refractivity contribution in [2.45, 2.75) is 52.0 Å². The number of rotatable bonds is 7. The van der Waals surface area contributed by atoms with Crippen LogP contribution in [0.1, 0.15) is 37.0 Å². The molecule has 0 bridgehead atoms. The zero-order chi connectivity index (χ0) is 14.3. The number of nitrogens with one attached hydrogen (secondary N) is 1. The standard InChI is InChI=1S/C16H24N2S/c1-12(2)18-16(10-17)5-6-19-11-15-8-13(3)7-14(4)9-15/h7-9,12,16,18H,5-6,11H2,1-4H3. The van der Waals surface area contributed by atoms with Crippen LogP contribution in [0.4, 0.5) is 0 Å². The van der Waals surface area contributed by atoms with Crippen molar-refractivity contribution in [3.05, 3.63) is 34.9 Å². The summed E-state index contributed by atoms with van der Waals surface area (Å²) in [5, 5.41) is 12.3. The predicted molar refractivity (Wildman–Crippen MR) is 84.4 cm³/mol. The first-order valence-corrected chi connectivity index (χ1v) is 7.97. The van der Waals surface area contributed by atoms with Crippen LogP contribution in [0.25, 0.3) is 0 Å². The minimum atomic E-state index is -0.0215. The van der Waals surface area contributed by atoms with E-state index in [0.717, 1.165) is 17.9 Å². The molecule has 0 saturated carbocycles. The zero-order valence-corrected chi connectivity index (χ0v) is 13.2. The third-order valence-electron chi connectivity index (χ3n) is 2.79. The van der Waals surface area contributed by atoms with Crippen molar-refractivity contribution >= 4 is 11.8 Å². The smallest absolute Gasteiger partial charge is 0.0962 e. The lowest BCUT2D eigenvalue weighted by atomic mass is 10.1. The largest absolute Gasteiger partial charge is 0.300 e. The molecule has 104 valence electrons. The van der Waals surface area contributed by atoms with E-state index < -0.39 is 0 Å². The molecule has 1 rings (SSSR count). The van der Waals surface area contributed by atoms with Crippen molar-refractivity contribution in [2.75, 3.05) is 5.75 Å². The molecule has 3 heteroatoms. The number of benzene rings is 1. The van der Waals surface area contributed by atoms with E-state index in [2.05, 4.69) is 57.3 Å². The molecule has 0 amide bonds. The van der Waals surface area contributed by atoms with E-state index in [9.17, 15) is 0 Å². The number of thioether (sulfide) groups is 1. The van der Waals surface area contributed by atoms with Crippen LogP contribution in [-0.4, -0.2) is 17.8 Å². The highest BCUT2D eigenvalue weighted by Crippen LogP contribution is 2.17. The molecule has 0 spiro atoms. The van der Waals surface area contributed by atoms with E-state index in [1.807, 2.05) is 11.8 Å². The topological polar surface area (TPSA) is 35.8 Å². The lowest BCUT2D eigenvalue weighted by Crippen LogP contribution is -2.33. The average Bonchev–Trinajstić information content (AvgIpc) is 2.31. The molecule has 0 aromatic heterocycles. The van der Waals surface area contributed by atoms with Gasteiger partial charge in [-0.15, -0.1) is 0 Å². The van der Waals surface area contributed by atoms with E-state index in [1.165, 1.54) is 16.7 Å². The second kappa shape index (κ2) is 8.24. The Labute approximate surface area is 121 Å². The number of nitrogens with zero attached hydrogens (tertiary/aromatic N) is 1. The summed E-state index contributed by atoms with van der Waals surface area (Å²) in [4.78, 5) is 0. The molecule has 0 saturated heterocycles. The highest BCUT2D eigenvalue weighted by Gasteiger charge is 2.08. The summed E-state index contributed by atoms with van der Waals surface area (Å²) in [6.45, 7) is 8.43. The Kier molecular flexibility index (Phi) is 6.97. The van der Waals surface area contributed by atoms with E-state index >= 15 is 0 Å². The van der Waals surface area contributed by atoms with Crippen LogP contribution in [0.15, 0.2) is 18.2 Å². The van der Waals surface area contributed by atoms with E-state index in [-0.39, 0.29) is 6.04 Å². The molecule has 19 heavy (non-hydrogen) atoms. The molecular weight excluding hydrogens is 252 g/mol. The molecule has 1 aromatic carbocycles. The van der Waals surface area contributed by atoms with Gasteiger partial charge in [-0.05, 0) is 45.4 Å². The fraction of sp³-hybridized carbons (Fsp3) is 0.562. The molecule has 2 nitrogen and oxygen atoms in total. The third-order valence-corrected chi connectivity index (χ3v) is 3.85. The maximum absolute atomic E-state index is 9.04. The van der Waals surface area contributed by atoms with Crippen LogP contribution in [0.5, 0.6) is 0 Å². The van der Waals surface area contributed by atoms with Crippen molar-refractivity contribution in [2.24, 2.45) is 0 Å². The van der Waals surface area contributed by atoms with Gasteiger partial charge in [0.2, 0.25) is 0 Å². The number of nitriles is 1. The van der Waals surface area contributed by atoms with Gasteiger partial charge in [0.1, 0.15) is 0 Å². The summed E-state index contributed by atoms with van der Waals surface area (Å²) in [6.07, 6.45) is 0.907. The van der Waals surface area contributed by atoms with Crippen LogP contribution in [0, 0.1) is 25.2 Å². The minimum absolute atomic E-state index is 0.0215. The Hall–Kier alpha value is -0.980. The molecule has 0 fully saturated rings. The summed E-state index contributed by atoms with van der Waals surface area (Å²) in [7, 11) is 0. The highest BCUT2D eigenvalue weighted by molar-refractivity contribution is 7.98. The molecule has 1 atom stereocenters. The number of hydrogen-bond acceptors (Lipinski definition) is 3. The van der Waals surface area contributed by atoms with Crippen LogP contribution >= 0.6 is 11.8 Å². The Morgan fingerprint density at radius 2 is 1.84 bits per heavy atom. The van der Waals surface area contributed by atoms with Crippen LogP contribution in [0.2, 0.25) is 0 Å². The molecule has 0 heterocycles. The summed E-state index contributed by atoms with van der Waals surface area (Å²) in [5.74, 6) is 2.05. The summed E-state index contributed by atoms with van der Waals surface area (Å²) >= 11 is 1.90. The van der Waals surface area contributed by atoms with Gasteiger partial charge in [-0.2, -0.15) is 17.0 Å². The Morgan fingerprint density at radius 3 is 2.37 bits per heavy atom. The molecule has 0 aliphatic heterocycles. The second-order valence-corrected chi connectivity index (χ2v) is 6.45. The molecule has 1 aromatic rings. The van der Waals surface area contributed by atoms with Crippen molar-refractivity contribution in [1.29, 1.82) is 5.26 Å². The molecule has 0 radical (unpaired) electrons. The second-order valence-electron chi connectivity index (χ2n) is 5.34. The van der Waals surface area contributed by atoms with Gasteiger partial charge in [-0.25, -0.2) is 0 Å². The van der Waals surface area contributed by atoms with Crippen molar-refractivity contribution < 1.29 is 0 Å². The van der Waals surface area contributed by atoms with Gasteiger partial charge in [0.25, 0.3) is 0 Å². The van der Waals surface area contributed by atoms with Gasteiger partial charge >= 0.3 is 0 Å².